The topological polar surface area (TPSA) is 35.5 Å². The number of nitrogens with zero attached hydrogens (tertiary/aromatic N) is 1. The number of hydrogen-bond donors (Lipinski definition) is 2. The van der Waals surface area contributed by atoms with Gasteiger partial charge >= 0.3 is 6.18 Å². The highest BCUT2D eigenvalue weighted by Crippen LogP contribution is 2.34. The highest BCUT2D eigenvalue weighted by Gasteiger charge is 2.54. The first kappa shape index (κ1) is 11.7. The molecule has 3 nitrogen and oxygen atoms in total. The van der Waals surface area contributed by atoms with Crippen LogP contribution in [0.15, 0.2) is 0 Å². The minimum Gasteiger partial charge on any atom is -0.394 e. The van der Waals surface area contributed by atoms with Crippen LogP contribution in [-0.2, 0) is 0 Å². The van der Waals surface area contributed by atoms with Gasteiger partial charge in [-0.2, -0.15) is 13.2 Å². The average molecular weight is 212 g/mol. The van der Waals surface area contributed by atoms with Gasteiger partial charge in [-0.25, -0.2) is 0 Å². The molecule has 0 aromatic carbocycles. The van der Waals surface area contributed by atoms with Crippen LogP contribution in [0.3, 0.4) is 0 Å². The number of halogens is 3. The lowest BCUT2D eigenvalue weighted by atomic mass is 9.99. The van der Waals surface area contributed by atoms with Crippen molar-refractivity contribution in [1.82, 2.24) is 10.2 Å². The number of nitrogens with one attached hydrogen (secondary N) is 1. The van der Waals surface area contributed by atoms with E-state index in [-0.39, 0.29) is 0 Å². The summed E-state index contributed by atoms with van der Waals surface area (Å²) in [6.07, 6.45) is -4.39. The van der Waals surface area contributed by atoms with Gasteiger partial charge in [0.1, 0.15) is 5.54 Å². The van der Waals surface area contributed by atoms with Gasteiger partial charge < -0.3 is 10.4 Å². The normalized spacial score (nSPS) is 24.6. The van der Waals surface area contributed by atoms with Crippen molar-refractivity contribution in [3.05, 3.63) is 0 Å². The molecule has 6 heteroatoms. The van der Waals surface area contributed by atoms with Gasteiger partial charge in [0.05, 0.1) is 6.61 Å². The Hall–Kier alpha value is -0.330. The smallest absolute Gasteiger partial charge is 0.394 e. The number of alkyl halides is 3. The molecule has 0 amide bonds. The van der Waals surface area contributed by atoms with Crippen molar-refractivity contribution >= 4 is 0 Å². The van der Waals surface area contributed by atoms with E-state index in [1.54, 1.807) is 0 Å². The Labute approximate surface area is 80.9 Å². The zero-order valence-corrected chi connectivity index (χ0v) is 8.06. The van der Waals surface area contributed by atoms with Crippen molar-refractivity contribution in [3.8, 4) is 0 Å². The second-order valence-corrected chi connectivity index (χ2v) is 3.67. The summed E-state index contributed by atoms with van der Waals surface area (Å²) in [5.74, 6) is 0. The predicted octanol–water partition coefficient (Wildman–Crippen LogP) is 0.205. The largest absolute Gasteiger partial charge is 0.408 e. The fourth-order valence-corrected chi connectivity index (χ4v) is 1.53. The van der Waals surface area contributed by atoms with Gasteiger partial charge in [0.2, 0.25) is 0 Å². The molecule has 1 unspecified atom stereocenters. The molecule has 2 N–H and O–H groups in total. The van der Waals surface area contributed by atoms with E-state index < -0.39 is 18.3 Å². The lowest BCUT2D eigenvalue weighted by Crippen LogP contribution is -2.63. The molecule has 1 rings (SSSR count). The first-order valence-electron chi connectivity index (χ1n) is 4.55. The zero-order valence-electron chi connectivity index (χ0n) is 8.06. The van der Waals surface area contributed by atoms with Crippen LogP contribution in [0.5, 0.6) is 0 Å². The van der Waals surface area contributed by atoms with Crippen molar-refractivity contribution in [2.45, 2.75) is 18.6 Å². The molecule has 0 aliphatic carbocycles. The van der Waals surface area contributed by atoms with Crippen molar-refractivity contribution in [2.75, 3.05) is 32.8 Å². The second-order valence-electron chi connectivity index (χ2n) is 3.67. The molecule has 1 aliphatic rings. The Morgan fingerprint density at radius 3 is 2.14 bits per heavy atom. The first-order chi connectivity index (χ1) is 6.42. The van der Waals surface area contributed by atoms with Crippen molar-refractivity contribution in [3.63, 3.8) is 0 Å². The van der Waals surface area contributed by atoms with Crippen LogP contribution in [0.1, 0.15) is 6.92 Å². The summed E-state index contributed by atoms with van der Waals surface area (Å²) < 4.78 is 38.0. The van der Waals surface area contributed by atoms with Gasteiger partial charge in [-0.3, -0.25) is 4.90 Å². The third-order valence-corrected chi connectivity index (χ3v) is 2.73. The molecule has 0 bridgehead atoms. The summed E-state index contributed by atoms with van der Waals surface area (Å²) in [5.41, 5.74) is -2.10. The molecule has 1 aliphatic heterocycles. The Kier molecular flexibility index (Phi) is 3.39. The summed E-state index contributed by atoms with van der Waals surface area (Å²) in [7, 11) is 0. The number of rotatable bonds is 2. The number of hydrogen-bond acceptors (Lipinski definition) is 3. The molecule has 0 radical (unpaired) electrons. The SMILES string of the molecule is CC(CO)(N1CCNCC1)C(F)(F)F. The van der Waals surface area contributed by atoms with Crippen LogP contribution in [0.4, 0.5) is 13.2 Å². The molecule has 1 saturated heterocycles. The minimum atomic E-state index is -4.39. The standard InChI is InChI=1S/C8H15F3N2O/c1-7(6-14,8(9,10)11)13-4-2-12-3-5-13/h12,14H,2-6H2,1H3. The van der Waals surface area contributed by atoms with Crippen LogP contribution in [0.2, 0.25) is 0 Å². The average Bonchev–Trinajstić information content (AvgIpc) is 2.16. The molecule has 14 heavy (non-hydrogen) atoms. The van der Waals surface area contributed by atoms with Gasteiger partial charge in [0, 0.05) is 26.2 Å². The van der Waals surface area contributed by atoms with E-state index in [1.807, 2.05) is 0 Å². The van der Waals surface area contributed by atoms with Crippen LogP contribution < -0.4 is 5.32 Å². The summed E-state index contributed by atoms with van der Waals surface area (Å²) >= 11 is 0. The Bertz CT molecular complexity index is 192. The van der Waals surface area contributed by atoms with E-state index in [9.17, 15) is 13.2 Å². The van der Waals surface area contributed by atoms with Crippen molar-refractivity contribution in [1.29, 1.82) is 0 Å². The molecular formula is C8H15F3N2O. The minimum absolute atomic E-state index is 0.316. The number of piperazine rings is 1. The van der Waals surface area contributed by atoms with Gasteiger partial charge in [0.15, 0.2) is 0 Å². The Morgan fingerprint density at radius 1 is 1.29 bits per heavy atom. The third-order valence-electron chi connectivity index (χ3n) is 2.73. The molecule has 0 spiro atoms. The molecule has 1 fully saturated rings. The van der Waals surface area contributed by atoms with Crippen molar-refractivity contribution in [2.24, 2.45) is 0 Å². The molecule has 0 aromatic heterocycles. The first-order valence-corrected chi connectivity index (χ1v) is 4.55. The van der Waals surface area contributed by atoms with E-state index >= 15 is 0 Å². The van der Waals surface area contributed by atoms with Crippen LogP contribution in [-0.4, -0.2) is 54.5 Å². The molecular weight excluding hydrogens is 197 g/mol. The summed E-state index contributed by atoms with van der Waals surface area (Å²) in [6, 6.07) is 0. The maximum absolute atomic E-state index is 12.7. The lowest BCUT2D eigenvalue weighted by Gasteiger charge is -2.43. The zero-order chi connectivity index (χ0) is 10.8. The Balaban J connectivity index is 2.77. The summed E-state index contributed by atoms with van der Waals surface area (Å²) in [5, 5.41) is 11.9. The monoisotopic (exact) mass is 212 g/mol. The maximum Gasteiger partial charge on any atom is 0.408 e. The third kappa shape index (κ3) is 2.02. The number of aliphatic hydroxyl groups is 1. The van der Waals surface area contributed by atoms with E-state index in [1.165, 1.54) is 4.90 Å². The second kappa shape index (κ2) is 4.04. The number of aliphatic hydroxyl groups excluding tert-OH is 1. The Morgan fingerprint density at radius 2 is 1.79 bits per heavy atom. The van der Waals surface area contributed by atoms with Crippen LogP contribution in [0.25, 0.3) is 0 Å². The van der Waals surface area contributed by atoms with Crippen molar-refractivity contribution < 1.29 is 18.3 Å². The molecule has 1 heterocycles. The highest BCUT2D eigenvalue weighted by atomic mass is 19.4. The van der Waals surface area contributed by atoms with E-state index in [0.717, 1.165) is 6.92 Å². The summed E-state index contributed by atoms with van der Waals surface area (Å²) in [6.45, 7) is 1.85. The molecule has 84 valence electrons. The lowest BCUT2D eigenvalue weighted by molar-refractivity contribution is -0.238. The fourth-order valence-electron chi connectivity index (χ4n) is 1.53. The molecule has 1 atom stereocenters. The van der Waals surface area contributed by atoms with Gasteiger partial charge in [-0.15, -0.1) is 0 Å². The highest BCUT2D eigenvalue weighted by molar-refractivity contribution is 4.94. The predicted molar refractivity (Wildman–Crippen MR) is 46.0 cm³/mol. The molecule has 0 aromatic rings. The van der Waals surface area contributed by atoms with Gasteiger partial charge in [0.25, 0.3) is 0 Å². The fraction of sp³-hybridized carbons (Fsp3) is 1.00. The van der Waals surface area contributed by atoms with E-state index in [0.29, 0.717) is 26.2 Å². The molecule has 0 saturated carbocycles. The quantitative estimate of drug-likeness (QED) is 0.686. The summed E-state index contributed by atoms with van der Waals surface area (Å²) in [4.78, 5) is 1.28. The van der Waals surface area contributed by atoms with Crippen LogP contribution >= 0.6 is 0 Å². The van der Waals surface area contributed by atoms with E-state index in [4.69, 9.17) is 5.11 Å². The van der Waals surface area contributed by atoms with Gasteiger partial charge in [-0.1, -0.05) is 0 Å². The maximum atomic E-state index is 12.7. The van der Waals surface area contributed by atoms with E-state index in [2.05, 4.69) is 5.32 Å². The van der Waals surface area contributed by atoms with Crippen LogP contribution in [0, 0.1) is 0 Å². The van der Waals surface area contributed by atoms with Gasteiger partial charge in [-0.05, 0) is 6.92 Å².